The summed E-state index contributed by atoms with van der Waals surface area (Å²) in [5, 5.41) is 0. The molecular formula is C9H19BO. The number of unbranched alkanes of at least 4 members (excludes halogenated alkanes) is 1. The fourth-order valence-electron chi connectivity index (χ4n) is 1.74. The van der Waals surface area contributed by atoms with E-state index in [0.29, 0.717) is 6.92 Å². The average molecular weight is 154 g/mol. The molecule has 2 heteroatoms. The SMILES string of the molecule is CCCCOB1CCCC1C. The molecule has 1 atom stereocenters. The van der Waals surface area contributed by atoms with Gasteiger partial charge in [-0.15, -0.1) is 0 Å². The van der Waals surface area contributed by atoms with Gasteiger partial charge < -0.3 is 4.65 Å². The van der Waals surface area contributed by atoms with E-state index in [4.69, 9.17) is 4.65 Å². The van der Waals surface area contributed by atoms with Crippen molar-refractivity contribution in [2.45, 2.75) is 51.7 Å². The Balaban J connectivity index is 2.05. The molecule has 0 N–H and O–H groups in total. The summed E-state index contributed by atoms with van der Waals surface area (Å²) in [6.45, 7) is 6.08. The van der Waals surface area contributed by atoms with E-state index < -0.39 is 0 Å². The standard InChI is InChI=1S/C9H19BO/c1-3-4-8-11-10-7-5-6-9(10)2/h9H,3-8H2,1-2H3. The minimum absolute atomic E-state index is 0.585. The molecule has 0 saturated carbocycles. The van der Waals surface area contributed by atoms with Crippen molar-refractivity contribution in [2.75, 3.05) is 6.61 Å². The van der Waals surface area contributed by atoms with Crippen LogP contribution in [0.3, 0.4) is 0 Å². The van der Waals surface area contributed by atoms with Crippen LogP contribution in [0.15, 0.2) is 0 Å². The first-order valence-electron chi connectivity index (χ1n) is 4.96. The van der Waals surface area contributed by atoms with Crippen LogP contribution in [0.2, 0.25) is 12.1 Å². The van der Waals surface area contributed by atoms with E-state index in [0.717, 1.165) is 12.4 Å². The predicted octanol–water partition coefficient (Wildman–Crippen LogP) is 2.98. The summed E-state index contributed by atoms with van der Waals surface area (Å²) in [7, 11) is 0. The smallest absolute Gasteiger partial charge is 0.295 e. The molecule has 1 fully saturated rings. The molecule has 64 valence electrons. The van der Waals surface area contributed by atoms with Crippen molar-refractivity contribution in [3.05, 3.63) is 0 Å². The molecule has 1 heterocycles. The van der Waals surface area contributed by atoms with Crippen molar-refractivity contribution < 1.29 is 4.65 Å². The Morgan fingerprint density at radius 1 is 1.55 bits per heavy atom. The van der Waals surface area contributed by atoms with E-state index in [9.17, 15) is 0 Å². The average Bonchev–Trinajstić information content (AvgIpc) is 2.37. The lowest BCUT2D eigenvalue weighted by molar-refractivity contribution is 0.308. The van der Waals surface area contributed by atoms with Crippen LogP contribution >= 0.6 is 0 Å². The Bertz CT molecular complexity index is 106. The summed E-state index contributed by atoms with van der Waals surface area (Å²) in [6, 6.07) is 0. The second-order valence-electron chi connectivity index (χ2n) is 3.67. The van der Waals surface area contributed by atoms with E-state index in [2.05, 4.69) is 13.8 Å². The van der Waals surface area contributed by atoms with E-state index >= 15 is 0 Å². The molecule has 0 radical (unpaired) electrons. The maximum Gasteiger partial charge on any atom is 0.295 e. The summed E-state index contributed by atoms with van der Waals surface area (Å²) in [6.07, 6.45) is 6.52. The van der Waals surface area contributed by atoms with Crippen LogP contribution in [0.1, 0.15) is 39.5 Å². The zero-order valence-corrected chi connectivity index (χ0v) is 7.81. The van der Waals surface area contributed by atoms with E-state index in [1.807, 2.05) is 0 Å². The van der Waals surface area contributed by atoms with Gasteiger partial charge >= 0.3 is 0 Å². The molecule has 1 nitrogen and oxygen atoms in total. The fraction of sp³-hybridized carbons (Fsp3) is 1.00. The van der Waals surface area contributed by atoms with Gasteiger partial charge in [0.05, 0.1) is 0 Å². The van der Waals surface area contributed by atoms with Crippen LogP contribution in [-0.2, 0) is 4.65 Å². The number of rotatable bonds is 4. The largest absolute Gasteiger partial charge is 0.436 e. The molecule has 0 spiro atoms. The van der Waals surface area contributed by atoms with Gasteiger partial charge in [-0.25, -0.2) is 0 Å². The second-order valence-corrected chi connectivity index (χ2v) is 3.67. The molecule has 1 unspecified atom stereocenters. The maximum absolute atomic E-state index is 5.76. The lowest BCUT2D eigenvalue weighted by Gasteiger charge is -2.11. The molecule has 1 saturated heterocycles. The molecule has 0 aromatic rings. The topological polar surface area (TPSA) is 9.23 Å². The Kier molecular flexibility index (Phi) is 3.99. The van der Waals surface area contributed by atoms with Crippen molar-refractivity contribution in [3.8, 4) is 0 Å². The first kappa shape index (κ1) is 9.12. The van der Waals surface area contributed by atoms with Crippen LogP contribution in [0.5, 0.6) is 0 Å². The molecule has 0 aliphatic carbocycles. The third kappa shape index (κ3) is 2.86. The second kappa shape index (κ2) is 4.81. The van der Waals surface area contributed by atoms with Crippen LogP contribution < -0.4 is 0 Å². The Hall–Kier alpha value is 0.0249. The highest BCUT2D eigenvalue weighted by Crippen LogP contribution is 2.30. The van der Waals surface area contributed by atoms with E-state index in [-0.39, 0.29) is 0 Å². The van der Waals surface area contributed by atoms with Gasteiger partial charge in [0, 0.05) is 6.61 Å². The molecule has 0 amide bonds. The van der Waals surface area contributed by atoms with Crippen LogP contribution in [0.4, 0.5) is 0 Å². The summed E-state index contributed by atoms with van der Waals surface area (Å²) in [5.41, 5.74) is 0. The molecule has 1 rings (SSSR count). The Labute approximate surface area is 70.6 Å². The third-order valence-electron chi connectivity index (χ3n) is 2.61. The van der Waals surface area contributed by atoms with Gasteiger partial charge in [0.25, 0.3) is 6.92 Å². The van der Waals surface area contributed by atoms with Crippen LogP contribution in [0.25, 0.3) is 0 Å². The molecule has 0 bridgehead atoms. The quantitative estimate of drug-likeness (QED) is 0.446. The zero-order chi connectivity index (χ0) is 8.10. The third-order valence-corrected chi connectivity index (χ3v) is 2.61. The normalized spacial score (nSPS) is 24.5. The van der Waals surface area contributed by atoms with Crippen molar-refractivity contribution in [1.82, 2.24) is 0 Å². The summed E-state index contributed by atoms with van der Waals surface area (Å²) in [4.78, 5) is 0. The molecule has 11 heavy (non-hydrogen) atoms. The highest BCUT2D eigenvalue weighted by Gasteiger charge is 2.28. The molecule has 1 aliphatic rings. The zero-order valence-electron chi connectivity index (χ0n) is 7.81. The molecule has 1 aliphatic heterocycles. The van der Waals surface area contributed by atoms with Crippen molar-refractivity contribution in [1.29, 1.82) is 0 Å². The van der Waals surface area contributed by atoms with Gasteiger partial charge in [0.1, 0.15) is 0 Å². The highest BCUT2D eigenvalue weighted by molar-refractivity contribution is 6.54. The summed E-state index contributed by atoms with van der Waals surface area (Å²) < 4.78 is 5.76. The minimum Gasteiger partial charge on any atom is -0.436 e. The minimum atomic E-state index is 0.585. The van der Waals surface area contributed by atoms with Gasteiger partial charge in [-0.05, 0) is 18.6 Å². The van der Waals surface area contributed by atoms with Crippen molar-refractivity contribution >= 4 is 6.92 Å². The lowest BCUT2D eigenvalue weighted by Crippen LogP contribution is -2.18. The fourth-order valence-corrected chi connectivity index (χ4v) is 1.74. The molecule has 0 aromatic carbocycles. The van der Waals surface area contributed by atoms with E-state index in [1.165, 1.54) is 32.0 Å². The van der Waals surface area contributed by atoms with Gasteiger partial charge in [0.2, 0.25) is 0 Å². The Morgan fingerprint density at radius 2 is 2.36 bits per heavy atom. The molecule has 0 aromatic heterocycles. The van der Waals surface area contributed by atoms with E-state index in [1.54, 1.807) is 0 Å². The predicted molar refractivity (Wildman–Crippen MR) is 50.1 cm³/mol. The maximum atomic E-state index is 5.76. The monoisotopic (exact) mass is 154 g/mol. The highest BCUT2D eigenvalue weighted by atomic mass is 16.4. The first-order chi connectivity index (χ1) is 5.34. The van der Waals surface area contributed by atoms with Crippen LogP contribution in [-0.4, -0.2) is 13.5 Å². The summed E-state index contributed by atoms with van der Waals surface area (Å²) in [5.74, 6) is 0.812. The Morgan fingerprint density at radius 3 is 2.91 bits per heavy atom. The van der Waals surface area contributed by atoms with Crippen LogP contribution in [0, 0.1) is 0 Å². The van der Waals surface area contributed by atoms with Gasteiger partial charge in [-0.2, -0.15) is 0 Å². The van der Waals surface area contributed by atoms with Gasteiger partial charge in [-0.3, -0.25) is 0 Å². The van der Waals surface area contributed by atoms with Gasteiger partial charge in [-0.1, -0.05) is 33.1 Å². The van der Waals surface area contributed by atoms with Crippen molar-refractivity contribution in [3.63, 3.8) is 0 Å². The lowest BCUT2D eigenvalue weighted by atomic mass is 9.59. The number of hydrogen-bond donors (Lipinski definition) is 0. The first-order valence-corrected chi connectivity index (χ1v) is 4.96. The van der Waals surface area contributed by atoms with Crippen molar-refractivity contribution in [2.24, 2.45) is 0 Å². The molecular weight excluding hydrogens is 135 g/mol. The summed E-state index contributed by atoms with van der Waals surface area (Å²) >= 11 is 0. The number of hydrogen-bond acceptors (Lipinski definition) is 1. The van der Waals surface area contributed by atoms with Gasteiger partial charge in [0.15, 0.2) is 0 Å².